The maximum Gasteiger partial charge on any atom is 0.260 e. The van der Waals surface area contributed by atoms with Crippen LogP contribution in [0.25, 0.3) is 0 Å². The minimum atomic E-state index is -0.639. The lowest BCUT2D eigenvalue weighted by Gasteiger charge is -2.17. The molecule has 1 aromatic carbocycles. The first-order valence-corrected chi connectivity index (χ1v) is 7.60. The highest BCUT2D eigenvalue weighted by Crippen LogP contribution is 2.35. The van der Waals surface area contributed by atoms with Crippen molar-refractivity contribution in [2.45, 2.75) is 19.6 Å². The van der Waals surface area contributed by atoms with Gasteiger partial charge in [-0.2, -0.15) is 0 Å². The van der Waals surface area contributed by atoms with Crippen LogP contribution in [0.2, 0.25) is 0 Å². The molecule has 1 atom stereocenters. The average Bonchev–Trinajstić information content (AvgIpc) is 2.42. The summed E-state index contributed by atoms with van der Waals surface area (Å²) < 4.78 is 11.8. The molecule has 0 heterocycles. The molecule has 1 rings (SSSR count). The second-order valence-corrected chi connectivity index (χ2v) is 5.80. The number of carbonyl (C=O) groups excluding carboxylic acids is 1. The molecule has 0 aliphatic heterocycles. The Morgan fingerprint density at radius 3 is 2.50 bits per heavy atom. The molecule has 0 bridgehead atoms. The zero-order valence-electron chi connectivity index (χ0n) is 11.3. The van der Waals surface area contributed by atoms with Gasteiger partial charge in [-0.3, -0.25) is 4.79 Å². The zero-order chi connectivity index (χ0) is 15.1. The molecule has 0 radical (unpaired) electrons. The standard InChI is InChI=1S/C13H17Br2NO4/c1-8(13(18)16-3-4-19-2)20-12-10(14)5-9(7-17)6-11(12)15/h5-6,8,17H,3-4,7H2,1-2H3,(H,16,18). The highest BCUT2D eigenvalue weighted by molar-refractivity contribution is 9.11. The summed E-state index contributed by atoms with van der Waals surface area (Å²) in [5, 5.41) is 11.8. The minimum absolute atomic E-state index is 0.0649. The fraction of sp³-hybridized carbons (Fsp3) is 0.462. The van der Waals surface area contributed by atoms with E-state index in [0.717, 1.165) is 5.56 Å². The molecule has 2 N–H and O–H groups in total. The fourth-order valence-electron chi connectivity index (χ4n) is 1.47. The van der Waals surface area contributed by atoms with Gasteiger partial charge in [0.1, 0.15) is 5.75 Å². The maximum absolute atomic E-state index is 11.8. The number of nitrogens with one attached hydrogen (secondary N) is 1. The van der Waals surface area contributed by atoms with Gasteiger partial charge in [0.05, 0.1) is 22.2 Å². The van der Waals surface area contributed by atoms with E-state index in [2.05, 4.69) is 37.2 Å². The SMILES string of the molecule is COCCNC(=O)C(C)Oc1c(Br)cc(CO)cc1Br. The first-order chi connectivity index (χ1) is 9.49. The van der Waals surface area contributed by atoms with E-state index < -0.39 is 6.10 Å². The summed E-state index contributed by atoms with van der Waals surface area (Å²) in [7, 11) is 1.57. The largest absolute Gasteiger partial charge is 0.479 e. The molecule has 7 heteroatoms. The maximum atomic E-state index is 11.8. The number of aliphatic hydroxyl groups is 1. The third kappa shape index (κ3) is 5.05. The lowest BCUT2D eigenvalue weighted by molar-refractivity contribution is -0.127. The number of ether oxygens (including phenoxy) is 2. The molecule has 1 amide bonds. The van der Waals surface area contributed by atoms with Crippen LogP contribution < -0.4 is 10.1 Å². The molecule has 5 nitrogen and oxygen atoms in total. The number of rotatable bonds is 7. The number of amides is 1. The molecular formula is C13H17Br2NO4. The number of hydrogen-bond acceptors (Lipinski definition) is 4. The van der Waals surface area contributed by atoms with Gasteiger partial charge in [-0.15, -0.1) is 0 Å². The third-order valence-electron chi connectivity index (χ3n) is 2.51. The molecule has 0 saturated heterocycles. The summed E-state index contributed by atoms with van der Waals surface area (Å²) in [6.07, 6.45) is -0.639. The summed E-state index contributed by atoms with van der Waals surface area (Å²) in [6, 6.07) is 3.49. The van der Waals surface area contributed by atoms with Crippen molar-refractivity contribution >= 4 is 37.8 Å². The Bertz CT molecular complexity index is 445. The predicted molar refractivity (Wildman–Crippen MR) is 82.7 cm³/mol. The van der Waals surface area contributed by atoms with Gasteiger partial charge in [-0.25, -0.2) is 0 Å². The Morgan fingerprint density at radius 1 is 1.40 bits per heavy atom. The molecule has 1 unspecified atom stereocenters. The summed E-state index contributed by atoms with van der Waals surface area (Å²) >= 11 is 6.72. The van der Waals surface area contributed by atoms with Gasteiger partial charge in [-0.05, 0) is 56.5 Å². The molecule has 0 aromatic heterocycles. The van der Waals surface area contributed by atoms with Gasteiger partial charge in [0, 0.05) is 13.7 Å². The third-order valence-corrected chi connectivity index (χ3v) is 3.69. The van der Waals surface area contributed by atoms with E-state index in [1.807, 2.05) is 0 Å². The van der Waals surface area contributed by atoms with Crippen molar-refractivity contribution in [2.24, 2.45) is 0 Å². The van der Waals surface area contributed by atoms with Gasteiger partial charge in [-0.1, -0.05) is 0 Å². The summed E-state index contributed by atoms with van der Waals surface area (Å²) in [4.78, 5) is 11.8. The number of hydrogen-bond donors (Lipinski definition) is 2. The van der Waals surface area contributed by atoms with E-state index in [4.69, 9.17) is 14.6 Å². The quantitative estimate of drug-likeness (QED) is 0.676. The van der Waals surface area contributed by atoms with Gasteiger partial charge < -0.3 is 19.9 Å². The van der Waals surface area contributed by atoms with E-state index in [0.29, 0.717) is 27.8 Å². The smallest absolute Gasteiger partial charge is 0.260 e. The molecule has 1 aromatic rings. The lowest BCUT2D eigenvalue weighted by atomic mass is 10.2. The van der Waals surface area contributed by atoms with Crippen LogP contribution in [0.15, 0.2) is 21.1 Å². The van der Waals surface area contributed by atoms with Crippen LogP contribution in [-0.4, -0.2) is 37.4 Å². The topological polar surface area (TPSA) is 67.8 Å². The highest BCUT2D eigenvalue weighted by atomic mass is 79.9. The lowest BCUT2D eigenvalue weighted by Crippen LogP contribution is -2.38. The number of methoxy groups -OCH3 is 1. The Labute approximate surface area is 134 Å². The molecule has 0 spiro atoms. The highest BCUT2D eigenvalue weighted by Gasteiger charge is 2.18. The van der Waals surface area contributed by atoms with E-state index in [1.165, 1.54) is 0 Å². The monoisotopic (exact) mass is 409 g/mol. The van der Waals surface area contributed by atoms with Gasteiger partial charge >= 0.3 is 0 Å². The Morgan fingerprint density at radius 2 is 2.00 bits per heavy atom. The molecule has 112 valence electrons. The van der Waals surface area contributed by atoms with Crippen molar-refractivity contribution in [1.82, 2.24) is 5.32 Å². The van der Waals surface area contributed by atoms with E-state index in [9.17, 15) is 4.79 Å². The number of halogens is 2. The van der Waals surface area contributed by atoms with Crippen LogP contribution in [0.3, 0.4) is 0 Å². The Balaban J connectivity index is 2.70. The Kier molecular flexibility index (Phi) is 7.50. The van der Waals surface area contributed by atoms with Crippen LogP contribution in [0.1, 0.15) is 12.5 Å². The average molecular weight is 411 g/mol. The van der Waals surface area contributed by atoms with Crippen LogP contribution in [0.5, 0.6) is 5.75 Å². The van der Waals surface area contributed by atoms with Crippen LogP contribution in [0, 0.1) is 0 Å². The minimum Gasteiger partial charge on any atom is -0.479 e. The number of benzene rings is 1. The fourth-order valence-corrected chi connectivity index (χ4v) is 2.93. The second kappa shape index (κ2) is 8.61. The van der Waals surface area contributed by atoms with E-state index in [1.54, 1.807) is 26.2 Å². The normalized spacial score (nSPS) is 12.1. The molecule has 0 fully saturated rings. The van der Waals surface area contributed by atoms with Crippen molar-refractivity contribution in [3.8, 4) is 5.75 Å². The van der Waals surface area contributed by atoms with E-state index in [-0.39, 0.29) is 12.5 Å². The summed E-state index contributed by atoms with van der Waals surface area (Å²) in [5.41, 5.74) is 0.744. The van der Waals surface area contributed by atoms with Crippen molar-refractivity contribution in [3.63, 3.8) is 0 Å². The zero-order valence-corrected chi connectivity index (χ0v) is 14.5. The predicted octanol–water partition coefficient (Wildman–Crippen LogP) is 2.23. The van der Waals surface area contributed by atoms with Crippen molar-refractivity contribution in [3.05, 3.63) is 26.6 Å². The molecular weight excluding hydrogens is 394 g/mol. The first-order valence-electron chi connectivity index (χ1n) is 6.01. The molecule has 0 aliphatic rings. The van der Waals surface area contributed by atoms with Crippen LogP contribution >= 0.6 is 31.9 Å². The molecule has 0 aliphatic carbocycles. The van der Waals surface area contributed by atoms with E-state index >= 15 is 0 Å². The summed E-state index contributed by atoms with van der Waals surface area (Å²) in [6.45, 7) is 2.50. The molecule has 0 saturated carbocycles. The van der Waals surface area contributed by atoms with Crippen molar-refractivity contribution < 1.29 is 19.4 Å². The molecule has 20 heavy (non-hydrogen) atoms. The number of aliphatic hydroxyl groups excluding tert-OH is 1. The second-order valence-electron chi connectivity index (χ2n) is 4.09. The van der Waals surface area contributed by atoms with Gasteiger partial charge in [0.25, 0.3) is 5.91 Å². The van der Waals surface area contributed by atoms with Crippen LogP contribution in [0.4, 0.5) is 0 Å². The Hall–Kier alpha value is -0.630. The number of carbonyl (C=O) groups is 1. The summed E-state index contributed by atoms with van der Waals surface area (Å²) in [5.74, 6) is 0.309. The first kappa shape index (κ1) is 17.4. The van der Waals surface area contributed by atoms with Crippen molar-refractivity contribution in [1.29, 1.82) is 0 Å². The van der Waals surface area contributed by atoms with Gasteiger partial charge in [0.15, 0.2) is 6.10 Å². The van der Waals surface area contributed by atoms with Crippen LogP contribution in [-0.2, 0) is 16.1 Å². The van der Waals surface area contributed by atoms with Gasteiger partial charge in [0.2, 0.25) is 0 Å². The van der Waals surface area contributed by atoms with Crippen molar-refractivity contribution in [2.75, 3.05) is 20.3 Å².